The van der Waals surface area contributed by atoms with E-state index < -0.39 is 0 Å². The topological polar surface area (TPSA) is 71.8 Å². The highest BCUT2D eigenvalue weighted by molar-refractivity contribution is 6.06. The van der Waals surface area contributed by atoms with Crippen LogP contribution in [0.4, 0.5) is 10.5 Å². The van der Waals surface area contributed by atoms with Gasteiger partial charge in [-0.1, -0.05) is 43.7 Å². The number of urea groups is 1. The zero-order valence-corrected chi connectivity index (χ0v) is 18.1. The summed E-state index contributed by atoms with van der Waals surface area (Å²) >= 11 is 0. The molecule has 2 N–H and O–H groups in total. The van der Waals surface area contributed by atoms with Crippen molar-refractivity contribution in [3.8, 4) is 22.3 Å². The van der Waals surface area contributed by atoms with Crippen molar-refractivity contribution < 1.29 is 4.79 Å². The molecular formula is C25H27N5O. The molecule has 2 heterocycles. The van der Waals surface area contributed by atoms with E-state index in [1.54, 1.807) is 4.68 Å². The van der Waals surface area contributed by atoms with Crippen molar-refractivity contribution in [2.75, 3.05) is 11.9 Å². The van der Waals surface area contributed by atoms with Gasteiger partial charge in [-0.25, -0.2) is 4.79 Å². The number of fused-ring (bicyclic) bond motifs is 1. The molecule has 2 aromatic heterocycles. The minimum Gasteiger partial charge on any atom is -0.338 e. The van der Waals surface area contributed by atoms with Gasteiger partial charge < -0.3 is 10.6 Å². The molecule has 0 aliphatic heterocycles. The molecule has 0 unspecified atom stereocenters. The molecule has 0 radical (unpaired) electrons. The average Bonchev–Trinajstić information content (AvgIpc) is 3.20. The van der Waals surface area contributed by atoms with Crippen LogP contribution in [0.5, 0.6) is 0 Å². The fourth-order valence-corrected chi connectivity index (χ4v) is 3.76. The Morgan fingerprint density at radius 2 is 1.90 bits per heavy atom. The van der Waals surface area contributed by atoms with Gasteiger partial charge >= 0.3 is 6.03 Å². The van der Waals surface area contributed by atoms with Gasteiger partial charge in [-0.15, -0.1) is 0 Å². The van der Waals surface area contributed by atoms with Crippen LogP contribution in [0, 0.1) is 6.92 Å². The molecule has 0 atom stereocenters. The highest BCUT2D eigenvalue weighted by atomic mass is 16.2. The number of amides is 2. The van der Waals surface area contributed by atoms with Gasteiger partial charge in [-0.05, 0) is 37.1 Å². The highest BCUT2D eigenvalue weighted by Gasteiger charge is 2.16. The van der Waals surface area contributed by atoms with E-state index in [0.717, 1.165) is 57.4 Å². The van der Waals surface area contributed by atoms with Crippen molar-refractivity contribution >= 4 is 22.6 Å². The molecule has 0 aliphatic carbocycles. The molecule has 0 bridgehead atoms. The van der Waals surface area contributed by atoms with E-state index in [0.29, 0.717) is 6.54 Å². The van der Waals surface area contributed by atoms with E-state index in [-0.39, 0.29) is 6.03 Å². The summed E-state index contributed by atoms with van der Waals surface area (Å²) in [5, 5.41) is 11.3. The summed E-state index contributed by atoms with van der Waals surface area (Å²) in [4.78, 5) is 17.4. The second kappa shape index (κ2) is 9.00. The lowest BCUT2D eigenvalue weighted by Gasteiger charge is -2.16. The molecule has 0 aliphatic rings. The zero-order valence-electron chi connectivity index (χ0n) is 18.1. The summed E-state index contributed by atoms with van der Waals surface area (Å²) in [6.45, 7) is 4.78. The lowest BCUT2D eigenvalue weighted by Crippen LogP contribution is -2.29. The molecule has 2 aromatic carbocycles. The van der Waals surface area contributed by atoms with E-state index in [2.05, 4.69) is 40.9 Å². The molecule has 2 amide bonds. The monoisotopic (exact) mass is 413 g/mol. The first-order valence-electron chi connectivity index (χ1n) is 10.6. The summed E-state index contributed by atoms with van der Waals surface area (Å²) in [5.41, 5.74) is 6.62. The molecular weight excluding hydrogens is 386 g/mol. The number of unbranched alkanes of at least 4 members (excludes halogenated alkanes) is 1. The van der Waals surface area contributed by atoms with Crippen LogP contribution >= 0.6 is 0 Å². The van der Waals surface area contributed by atoms with Gasteiger partial charge in [0.25, 0.3) is 0 Å². The second-order valence-corrected chi connectivity index (χ2v) is 7.68. The van der Waals surface area contributed by atoms with Crippen molar-refractivity contribution in [3.05, 3.63) is 66.6 Å². The first-order chi connectivity index (χ1) is 15.1. The third-order valence-electron chi connectivity index (χ3n) is 5.33. The average molecular weight is 414 g/mol. The highest BCUT2D eigenvalue weighted by Crippen LogP contribution is 2.37. The molecule has 0 saturated heterocycles. The van der Waals surface area contributed by atoms with Gasteiger partial charge in [0.1, 0.15) is 0 Å². The summed E-state index contributed by atoms with van der Waals surface area (Å²) in [6.07, 6.45) is 5.75. The van der Waals surface area contributed by atoms with Gasteiger partial charge in [0.15, 0.2) is 0 Å². The van der Waals surface area contributed by atoms with Crippen molar-refractivity contribution in [2.24, 2.45) is 7.05 Å². The minimum absolute atomic E-state index is 0.207. The number of aromatic nitrogens is 3. The number of carbonyl (C=O) groups is 1. The van der Waals surface area contributed by atoms with E-state index in [9.17, 15) is 4.79 Å². The Bertz CT molecular complexity index is 1210. The van der Waals surface area contributed by atoms with Crippen LogP contribution in [0.2, 0.25) is 0 Å². The number of hydrogen-bond acceptors (Lipinski definition) is 3. The predicted octanol–water partition coefficient (Wildman–Crippen LogP) is 5.53. The number of hydrogen-bond donors (Lipinski definition) is 2. The third kappa shape index (κ3) is 4.43. The SMILES string of the molecule is CCCCNC(=O)Nc1ccc2nc(C)c(-c3ccccc3)cc2c1-c1cnn(C)c1. The predicted molar refractivity (Wildman–Crippen MR) is 126 cm³/mol. The Kier molecular flexibility index (Phi) is 5.98. The molecule has 0 saturated carbocycles. The fourth-order valence-electron chi connectivity index (χ4n) is 3.76. The van der Waals surface area contributed by atoms with E-state index in [1.807, 2.05) is 56.7 Å². The standard InChI is InChI=1S/C25H27N5O/c1-4-5-13-26-25(31)29-23-12-11-22-21(24(23)19-15-27-30(3)16-19)14-20(17(2)28-22)18-9-7-6-8-10-18/h6-12,14-16H,4-5,13H2,1-3H3,(H2,26,29,31). The normalized spacial score (nSPS) is 10.9. The van der Waals surface area contributed by atoms with Gasteiger partial charge in [0.2, 0.25) is 0 Å². The summed E-state index contributed by atoms with van der Waals surface area (Å²) in [6, 6.07) is 16.1. The lowest BCUT2D eigenvalue weighted by atomic mass is 9.96. The van der Waals surface area contributed by atoms with Crippen molar-refractivity contribution in [3.63, 3.8) is 0 Å². The summed E-state index contributed by atoms with van der Waals surface area (Å²) in [5.74, 6) is 0. The van der Waals surface area contributed by atoms with Crippen LogP contribution in [-0.2, 0) is 7.05 Å². The lowest BCUT2D eigenvalue weighted by molar-refractivity contribution is 0.252. The molecule has 0 spiro atoms. The second-order valence-electron chi connectivity index (χ2n) is 7.68. The van der Waals surface area contributed by atoms with E-state index in [1.165, 1.54) is 0 Å². The van der Waals surface area contributed by atoms with E-state index >= 15 is 0 Å². The molecule has 4 rings (SSSR count). The summed E-state index contributed by atoms with van der Waals surface area (Å²) in [7, 11) is 1.89. The number of carbonyl (C=O) groups excluding carboxylic acids is 1. The van der Waals surface area contributed by atoms with Gasteiger partial charge in [0.05, 0.1) is 17.4 Å². The Labute approximate surface area is 182 Å². The van der Waals surface area contributed by atoms with Crippen LogP contribution in [-0.4, -0.2) is 27.3 Å². The number of nitrogens with zero attached hydrogens (tertiary/aromatic N) is 3. The molecule has 158 valence electrons. The first-order valence-corrected chi connectivity index (χ1v) is 10.6. The molecule has 4 aromatic rings. The minimum atomic E-state index is -0.207. The third-order valence-corrected chi connectivity index (χ3v) is 5.33. The Balaban J connectivity index is 1.86. The molecule has 6 heteroatoms. The summed E-state index contributed by atoms with van der Waals surface area (Å²) < 4.78 is 1.76. The number of nitrogens with one attached hydrogen (secondary N) is 2. The number of rotatable bonds is 6. The van der Waals surface area contributed by atoms with Crippen LogP contribution in [0.1, 0.15) is 25.5 Å². The van der Waals surface area contributed by atoms with Crippen LogP contribution in [0.3, 0.4) is 0 Å². The van der Waals surface area contributed by atoms with Crippen molar-refractivity contribution in [1.29, 1.82) is 0 Å². The van der Waals surface area contributed by atoms with Gasteiger partial charge in [0, 0.05) is 47.6 Å². The fraction of sp³-hybridized carbons (Fsp3) is 0.240. The number of aryl methyl sites for hydroxylation is 2. The maximum absolute atomic E-state index is 12.5. The van der Waals surface area contributed by atoms with Crippen molar-refractivity contribution in [2.45, 2.75) is 26.7 Å². The largest absolute Gasteiger partial charge is 0.338 e. The quantitative estimate of drug-likeness (QED) is 0.408. The van der Waals surface area contributed by atoms with Crippen LogP contribution < -0.4 is 10.6 Å². The molecule has 6 nitrogen and oxygen atoms in total. The van der Waals surface area contributed by atoms with Gasteiger partial charge in [-0.3, -0.25) is 9.67 Å². The van der Waals surface area contributed by atoms with Crippen LogP contribution in [0.15, 0.2) is 60.9 Å². The smallest absolute Gasteiger partial charge is 0.319 e. The Hall–Kier alpha value is -3.67. The Morgan fingerprint density at radius 1 is 1.10 bits per heavy atom. The van der Waals surface area contributed by atoms with Crippen LogP contribution in [0.25, 0.3) is 33.2 Å². The maximum Gasteiger partial charge on any atom is 0.319 e. The van der Waals surface area contributed by atoms with Gasteiger partial charge in [-0.2, -0.15) is 5.10 Å². The maximum atomic E-state index is 12.5. The number of pyridine rings is 1. The number of anilines is 1. The Morgan fingerprint density at radius 3 is 2.61 bits per heavy atom. The van der Waals surface area contributed by atoms with E-state index in [4.69, 9.17) is 4.98 Å². The number of benzene rings is 2. The molecule has 0 fully saturated rings. The zero-order chi connectivity index (χ0) is 21.8. The van der Waals surface area contributed by atoms with Crippen molar-refractivity contribution in [1.82, 2.24) is 20.1 Å². The first kappa shape index (κ1) is 20.6. The molecule has 31 heavy (non-hydrogen) atoms.